The molecule has 0 rings (SSSR count). The monoisotopic (exact) mass is 244 g/mol. The van der Waals surface area contributed by atoms with Gasteiger partial charge in [-0.2, -0.15) is 0 Å². The quantitative estimate of drug-likeness (QED) is 0.310. The van der Waals surface area contributed by atoms with Gasteiger partial charge >= 0.3 is 17.9 Å². The number of rotatable bonds is 7. The Labute approximate surface area is 99.2 Å². The third-order valence-electron chi connectivity index (χ3n) is 1.90. The third kappa shape index (κ3) is 8.01. The van der Waals surface area contributed by atoms with Gasteiger partial charge in [0.25, 0.3) is 0 Å². The van der Waals surface area contributed by atoms with Crippen LogP contribution in [0.15, 0.2) is 12.7 Å². The van der Waals surface area contributed by atoms with Gasteiger partial charge in [0.2, 0.25) is 0 Å². The molecule has 0 aliphatic carbocycles. The Morgan fingerprint density at radius 3 is 2.53 bits per heavy atom. The fourth-order valence-corrected chi connectivity index (χ4v) is 1.06. The lowest BCUT2D eigenvalue weighted by atomic mass is 10.2. The SMILES string of the molecule is C=CC(=O)OCCCCC(C)OC(=O)C(=O)O. The zero-order valence-electron chi connectivity index (χ0n) is 9.68. The average molecular weight is 244 g/mol. The molecule has 0 aromatic rings. The molecule has 6 heteroatoms. The highest BCUT2D eigenvalue weighted by Crippen LogP contribution is 2.05. The van der Waals surface area contributed by atoms with Gasteiger partial charge in [0.15, 0.2) is 0 Å². The first-order valence-electron chi connectivity index (χ1n) is 5.20. The van der Waals surface area contributed by atoms with Crippen molar-refractivity contribution < 1.29 is 29.0 Å². The lowest BCUT2D eigenvalue weighted by Gasteiger charge is -2.10. The predicted octanol–water partition coefficient (Wildman–Crippen LogP) is 0.902. The van der Waals surface area contributed by atoms with E-state index in [1.54, 1.807) is 6.92 Å². The highest BCUT2D eigenvalue weighted by molar-refractivity contribution is 6.28. The molecule has 0 aromatic heterocycles. The van der Waals surface area contributed by atoms with Crippen LogP contribution in [0, 0.1) is 0 Å². The summed E-state index contributed by atoms with van der Waals surface area (Å²) in [7, 11) is 0. The van der Waals surface area contributed by atoms with Crippen molar-refractivity contribution in [2.24, 2.45) is 0 Å². The molecule has 0 bridgehead atoms. The number of carbonyl (C=O) groups is 3. The second-order valence-electron chi connectivity index (χ2n) is 3.39. The van der Waals surface area contributed by atoms with Gasteiger partial charge in [0.1, 0.15) is 0 Å². The second-order valence-corrected chi connectivity index (χ2v) is 3.39. The molecule has 0 aliphatic rings. The van der Waals surface area contributed by atoms with Gasteiger partial charge in [-0.15, -0.1) is 0 Å². The maximum atomic E-state index is 10.7. The van der Waals surface area contributed by atoms with Crippen molar-refractivity contribution in [1.82, 2.24) is 0 Å². The lowest BCUT2D eigenvalue weighted by molar-refractivity contribution is -0.167. The molecule has 0 fully saturated rings. The first-order valence-corrected chi connectivity index (χ1v) is 5.20. The largest absolute Gasteiger partial charge is 0.473 e. The molecule has 1 atom stereocenters. The van der Waals surface area contributed by atoms with E-state index in [1.165, 1.54) is 0 Å². The fourth-order valence-electron chi connectivity index (χ4n) is 1.06. The Balaban J connectivity index is 3.55. The van der Waals surface area contributed by atoms with E-state index < -0.39 is 24.0 Å². The first-order chi connectivity index (χ1) is 7.97. The molecular weight excluding hydrogens is 228 g/mol. The minimum Gasteiger partial charge on any atom is -0.473 e. The van der Waals surface area contributed by atoms with E-state index in [-0.39, 0.29) is 6.61 Å². The number of hydrogen-bond donors (Lipinski definition) is 1. The minimum atomic E-state index is -1.60. The molecule has 6 nitrogen and oxygen atoms in total. The molecule has 0 spiro atoms. The van der Waals surface area contributed by atoms with Crippen LogP contribution in [0.25, 0.3) is 0 Å². The molecule has 0 heterocycles. The summed E-state index contributed by atoms with van der Waals surface area (Å²) >= 11 is 0. The van der Waals surface area contributed by atoms with E-state index in [2.05, 4.69) is 11.3 Å². The number of hydrogen-bond acceptors (Lipinski definition) is 5. The molecule has 96 valence electrons. The number of carboxylic acids is 1. The topological polar surface area (TPSA) is 89.9 Å². The molecule has 0 aromatic carbocycles. The van der Waals surface area contributed by atoms with Gasteiger partial charge < -0.3 is 14.6 Å². The van der Waals surface area contributed by atoms with Crippen LogP contribution in [0.2, 0.25) is 0 Å². The summed E-state index contributed by atoms with van der Waals surface area (Å²) in [6.07, 6.45) is 2.42. The van der Waals surface area contributed by atoms with Crippen LogP contribution >= 0.6 is 0 Å². The van der Waals surface area contributed by atoms with E-state index >= 15 is 0 Å². The van der Waals surface area contributed by atoms with Crippen LogP contribution in [0.1, 0.15) is 26.2 Å². The number of carboxylic acid groups (broad SMARTS) is 1. The summed E-state index contributed by atoms with van der Waals surface area (Å²) in [5.74, 6) is -3.33. The molecule has 0 amide bonds. The number of aliphatic carboxylic acids is 1. The molecule has 1 unspecified atom stereocenters. The van der Waals surface area contributed by atoms with Crippen LogP contribution in [-0.4, -0.2) is 35.7 Å². The Kier molecular flexibility index (Phi) is 7.41. The predicted molar refractivity (Wildman–Crippen MR) is 58.2 cm³/mol. The van der Waals surface area contributed by atoms with Gasteiger partial charge in [-0.1, -0.05) is 6.58 Å². The fraction of sp³-hybridized carbons (Fsp3) is 0.545. The van der Waals surface area contributed by atoms with Crippen molar-refractivity contribution in [2.75, 3.05) is 6.61 Å². The van der Waals surface area contributed by atoms with Crippen molar-refractivity contribution in [3.8, 4) is 0 Å². The van der Waals surface area contributed by atoms with Crippen LogP contribution in [0.4, 0.5) is 0 Å². The van der Waals surface area contributed by atoms with Crippen LogP contribution in [0.5, 0.6) is 0 Å². The maximum absolute atomic E-state index is 10.7. The second kappa shape index (κ2) is 8.32. The highest BCUT2D eigenvalue weighted by atomic mass is 16.6. The van der Waals surface area contributed by atoms with Gasteiger partial charge in [-0.05, 0) is 26.2 Å². The minimum absolute atomic E-state index is 0.268. The summed E-state index contributed by atoms with van der Waals surface area (Å²) in [5.41, 5.74) is 0. The summed E-state index contributed by atoms with van der Waals surface area (Å²) in [6.45, 7) is 5.13. The zero-order chi connectivity index (χ0) is 13.3. The molecule has 0 radical (unpaired) electrons. The van der Waals surface area contributed by atoms with Crippen LogP contribution in [0.3, 0.4) is 0 Å². The van der Waals surface area contributed by atoms with E-state index in [4.69, 9.17) is 9.84 Å². The summed E-state index contributed by atoms with van der Waals surface area (Å²) in [4.78, 5) is 31.5. The molecule has 1 N–H and O–H groups in total. The molecular formula is C11H16O6. The van der Waals surface area contributed by atoms with Crippen molar-refractivity contribution in [1.29, 1.82) is 0 Å². The summed E-state index contributed by atoms with van der Waals surface area (Å²) in [5, 5.41) is 8.29. The van der Waals surface area contributed by atoms with E-state index in [1.807, 2.05) is 0 Å². The average Bonchev–Trinajstić information content (AvgIpc) is 2.27. The molecule has 17 heavy (non-hydrogen) atoms. The van der Waals surface area contributed by atoms with Crippen LogP contribution < -0.4 is 0 Å². The normalized spacial score (nSPS) is 11.4. The Morgan fingerprint density at radius 1 is 1.35 bits per heavy atom. The number of unbranched alkanes of at least 4 members (excludes halogenated alkanes) is 1. The zero-order valence-corrected chi connectivity index (χ0v) is 9.68. The van der Waals surface area contributed by atoms with Crippen molar-refractivity contribution in [3.05, 3.63) is 12.7 Å². The van der Waals surface area contributed by atoms with Crippen LogP contribution in [-0.2, 0) is 23.9 Å². The third-order valence-corrected chi connectivity index (χ3v) is 1.90. The summed E-state index contributed by atoms with van der Waals surface area (Å²) < 4.78 is 9.33. The molecule has 0 saturated carbocycles. The van der Waals surface area contributed by atoms with Crippen molar-refractivity contribution in [3.63, 3.8) is 0 Å². The first kappa shape index (κ1) is 15.2. The highest BCUT2D eigenvalue weighted by Gasteiger charge is 2.16. The number of ether oxygens (including phenoxy) is 2. The maximum Gasteiger partial charge on any atom is 0.417 e. The van der Waals surface area contributed by atoms with E-state index in [0.717, 1.165) is 6.08 Å². The van der Waals surface area contributed by atoms with Crippen molar-refractivity contribution in [2.45, 2.75) is 32.3 Å². The number of esters is 2. The van der Waals surface area contributed by atoms with Gasteiger partial charge in [-0.25, -0.2) is 14.4 Å². The van der Waals surface area contributed by atoms with E-state index in [0.29, 0.717) is 19.3 Å². The molecule has 0 saturated heterocycles. The molecule has 0 aliphatic heterocycles. The standard InChI is InChI=1S/C11H16O6/c1-3-9(12)16-7-5-4-6-8(2)17-11(15)10(13)14/h3,8H,1,4-7H2,2H3,(H,13,14). The van der Waals surface area contributed by atoms with Gasteiger partial charge in [-0.3, -0.25) is 0 Å². The van der Waals surface area contributed by atoms with Crippen molar-refractivity contribution >= 4 is 17.9 Å². The smallest absolute Gasteiger partial charge is 0.417 e. The Morgan fingerprint density at radius 2 is 2.00 bits per heavy atom. The van der Waals surface area contributed by atoms with Gasteiger partial charge in [0.05, 0.1) is 12.7 Å². The van der Waals surface area contributed by atoms with E-state index in [9.17, 15) is 14.4 Å². The van der Waals surface area contributed by atoms with Gasteiger partial charge in [0, 0.05) is 6.08 Å². The number of carbonyl (C=O) groups excluding carboxylic acids is 2. The Bertz CT molecular complexity index is 296. The lowest BCUT2D eigenvalue weighted by Crippen LogP contribution is -2.22. The summed E-state index contributed by atoms with van der Waals surface area (Å²) in [6, 6.07) is 0. The Hall–Kier alpha value is -1.85.